The molecule has 15 heavy (non-hydrogen) atoms. The van der Waals surface area contributed by atoms with Gasteiger partial charge in [0.25, 0.3) is 0 Å². The molecule has 0 bridgehead atoms. The highest BCUT2D eigenvalue weighted by atomic mass is 19.1. The zero-order valence-electron chi connectivity index (χ0n) is 7.88. The van der Waals surface area contributed by atoms with Crippen LogP contribution in [0, 0.1) is 0 Å². The Labute approximate surface area is 85.5 Å². The van der Waals surface area contributed by atoms with Crippen molar-refractivity contribution in [2.45, 2.75) is 20.0 Å². The average molecular weight is 218 g/mol. The number of hydrogen-bond acceptors (Lipinski definition) is 2. The van der Waals surface area contributed by atoms with Crippen molar-refractivity contribution in [1.82, 2.24) is 0 Å². The van der Waals surface area contributed by atoms with Crippen molar-refractivity contribution in [3.8, 4) is 0 Å². The molecule has 0 aromatic heterocycles. The van der Waals surface area contributed by atoms with Crippen LogP contribution < -0.4 is 5.46 Å². The molecule has 0 saturated heterocycles. The quantitative estimate of drug-likeness (QED) is 0.733. The molecule has 1 rings (SSSR count). The first-order valence-electron chi connectivity index (χ1n) is 4.32. The second kappa shape index (κ2) is 5.18. The molecule has 0 unspecified atom stereocenters. The van der Waals surface area contributed by atoms with Crippen LogP contribution >= 0.6 is 0 Å². The van der Waals surface area contributed by atoms with Gasteiger partial charge < -0.3 is 10.0 Å². The summed E-state index contributed by atoms with van der Waals surface area (Å²) in [6.07, 6.45) is 0. The number of hydrogen-bond donors (Lipinski definition) is 2. The van der Waals surface area contributed by atoms with E-state index in [2.05, 4.69) is 0 Å². The fourth-order valence-corrected chi connectivity index (χ4v) is 1.38. The van der Waals surface area contributed by atoms with Crippen molar-refractivity contribution in [2.75, 3.05) is 0 Å². The Morgan fingerprint density at radius 2 is 1.40 bits per heavy atom. The van der Waals surface area contributed by atoms with Gasteiger partial charge in [0.05, 0.1) is 0 Å². The summed E-state index contributed by atoms with van der Waals surface area (Å²) < 4.78 is 37.5. The Morgan fingerprint density at radius 3 is 1.67 bits per heavy atom. The minimum absolute atomic E-state index is 0.0347. The zero-order chi connectivity index (χ0) is 11.4. The summed E-state index contributed by atoms with van der Waals surface area (Å²) in [5, 5.41) is 17.7. The Hall–Kier alpha value is -1.01. The molecule has 1 aromatic carbocycles. The summed E-state index contributed by atoms with van der Waals surface area (Å²) in [6, 6.07) is 2.25. The van der Waals surface area contributed by atoms with Gasteiger partial charge in [-0.1, -0.05) is 12.1 Å². The third-order valence-corrected chi connectivity index (χ3v) is 2.18. The standard InChI is InChI=1S/C9H10BF3O2/c11-3-6-1-8(10(14)15)2-7(4-12)9(6)5-13/h1-2,14-15H,3-5H2. The lowest BCUT2D eigenvalue weighted by Gasteiger charge is -2.10. The zero-order valence-corrected chi connectivity index (χ0v) is 7.88. The number of rotatable bonds is 4. The van der Waals surface area contributed by atoms with Crippen molar-refractivity contribution in [2.24, 2.45) is 0 Å². The van der Waals surface area contributed by atoms with Crippen LogP contribution in [0.4, 0.5) is 13.2 Å². The van der Waals surface area contributed by atoms with Gasteiger partial charge in [-0.3, -0.25) is 0 Å². The molecule has 0 radical (unpaired) electrons. The maximum absolute atomic E-state index is 12.5. The lowest BCUT2D eigenvalue weighted by atomic mass is 9.77. The van der Waals surface area contributed by atoms with E-state index in [1.165, 1.54) is 0 Å². The van der Waals surface area contributed by atoms with Crippen molar-refractivity contribution < 1.29 is 23.2 Å². The van der Waals surface area contributed by atoms with Crippen molar-refractivity contribution in [3.63, 3.8) is 0 Å². The van der Waals surface area contributed by atoms with Gasteiger partial charge in [-0.15, -0.1) is 0 Å². The van der Waals surface area contributed by atoms with Crippen LogP contribution in [0.1, 0.15) is 16.7 Å². The van der Waals surface area contributed by atoms with Gasteiger partial charge in [-0.2, -0.15) is 0 Å². The molecule has 0 aliphatic carbocycles. The summed E-state index contributed by atoms with van der Waals surface area (Å²) in [7, 11) is -1.81. The third kappa shape index (κ3) is 2.51. The maximum atomic E-state index is 12.5. The topological polar surface area (TPSA) is 40.5 Å². The number of alkyl halides is 3. The number of halogens is 3. The largest absolute Gasteiger partial charge is 0.488 e. The Morgan fingerprint density at radius 1 is 0.933 bits per heavy atom. The fourth-order valence-electron chi connectivity index (χ4n) is 1.38. The molecule has 0 heterocycles. The van der Waals surface area contributed by atoms with Crippen LogP contribution in [0.25, 0.3) is 0 Å². The average Bonchev–Trinajstić information content (AvgIpc) is 2.26. The van der Waals surface area contributed by atoms with Crippen LogP contribution in [-0.2, 0) is 20.0 Å². The van der Waals surface area contributed by atoms with E-state index in [1.54, 1.807) is 0 Å². The van der Waals surface area contributed by atoms with E-state index in [4.69, 9.17) is 10.0 Å². The number of benzene rings is 1. The van der Waals surface area contributed by atoms with Gasteiger partial charge in [0, 0.05) is 0 Å². The van der Waals surface area contributed by atoms with Crippen LogP contribution in [0.2, 0.25) is 0 Å². The molecular formula is C9H10BF3O2. The van der Waals surface area contributed by atoms with Crippen LogP contribution in [0.3, 0.4) is 0 Å². The minimum Gasteiger partial charge on any atom is -0.423 e. The molecule has 0 aliphatic rings. The van der Waals surface area contributed by atoms with Gasteiger partial charge in [0.2, 0.25) is 0 Å². The molecule has 2 N–H and O–H groups in total. The molecule has 0 amide bonds. The minimum atomic E-state index is -1.81. The van der Waals surface area contributed by atoms with Gasteiger partial charge >= 0.3 is 7.12 Å². The molecule has 6 heteroatoms. The molecule has 1 aromatic rings. The SMILES string of the molecule is OB(O)c1cc(CF)c(CF)c(CF)c1. The predicted molar refractivity (Wildman–Crippen MR) is 50.7 cm³/mol. The van der Waals surface area contributed by atoms with Gasteiger partial charge in [-0.25, -0.2) is 13.2 Å². The highest BCUT2D eigenvalue weighted by Gasteiger charge is 2.17. The van der Waals surface area contributed by atoms with Crippen molar-refractivity contribution in [1.29, 1.82) is 0 Å². The molecule has 0 atom stereocenters. The molecule has 0 spiro atoms. The normalized spacial score (nSPS) is 10.5. The molecule has 0 fully saturated rings. The first-order chi connectivity index (χ1) is 7.13. The second-order valence-corrected chi connectivity index (χ2v) is 3.09. The Kier molecular flexibility index (Phi) is 4.17. The molecule has 82 valence electrons. The van der Waals surface area contributed by atoms with Crippen LogP contribution in [-0.4, -0.2) is 17.2 Å². The second-order valence-electron chi connectivity index (χ2n) is 3.09. The van der Waals surface area contributed by atoms with Crippen LogP contribution in [0.5, 0.6) is 0 Å². The van der Waals surface area contributed by atoms with E-state index in [1.807, 2.05) is 0 Å². The van der Waals surface area contributed by atoms with Gasteiger partial charge in [-0.05, 0) is 22.2 Å². The van der Waals surface area contributed by atoms with E-state index in [9.17, 15) is 13.2 Å². The molecule has 2 nitrogen and oxygen atoms in total. The fraction of sp³-hybridized carbons (Fsp3) is 0.333. The first kappa shape index (κ1) is 12.1. The van der Waals surface area contributed by atoms with Crippen molar-refractivity contribution >= 4 is 12.6 Å². The van der Waals surface area contributed by atoms with Gasteiger partial charge in [0.15, 0.2) is 0 Å². The summed E-state index contributed by atoms with van der Waals surface area (Å²) in [5.74, 6) is 0. The van der Waals surface area contributed by atoms with Crippen molar-refractivity contribution in [3.05, 3.63) is 28.8 Å². The smallest absolute Gasteiger partial charge is 0.423 e. The molecule has 0 saturated carbocycles. The van der Waals surface area contributed by atoms with E-state index in [-0.39, 0.29) is 22.2 Å². The summed E-state index contributed by atoms with van der Waals surface area (Å²) in [6.45, 7) is -2.90. The molecular weight excluding hydrogens is 208 g/mol. The summed E-state index contributed by atoms with van der Waals surface area (Å²) in [4.78, 5) is 0. The Balaban J connectivity index is 3.29. The van der Waals surface area contributed by atoms with Crippen LogP contribution in [0.15, 0.2) is 12.1 Å². The lowest BCUT2D eigenvalue weighted by Crippen LogP contribution is -2.31. The third-order valence-electron chi connectivity index (χ3n) is 2.18. The highest BCUT2D eigenvalue weighted by molar-refractivity contribution is 6.58. The van der Waals surface area contributed by atoms with E-state index < -0.39 is 27.1 Å². The predicted octanol–water partition coefficient (Wildman–Crippen LogP) is 0.775. The monoisotopic (exact) mass is 218 g/mol. The summed E-state index contributed by atoms with van der Waals surface area (Å²) >= 11 is 0. The van der Waals surface area contributed by atoms with E-state index >= 15 is 0 Å². The lowest BCUT2D eigenvalue weighted by molar-refractivity contribution is 0.423. The Bertz CT molecular complexity index is 319. The maximum Gasteiger partial charge on any atom is 0.488 e. The van der Waals surface area contributed by atoms with E-state index in [0.717, 1.165) is 12.1 Å². The van der Waals surface area contributed by atoms with Gasteiger partial charge in [0.1, 0.15) is 20.0 Å². The first-order valence-corrected chi connectivity index (χ1v) is 4.32. The summed E-state index contributed by atoms with van der Waals surface area (Å²) in [5.41, 5.74) is -0.177. The molecule has 0 aliphatic heterocycles. The van der Waals surface area contributed by atoms with E-state index in [0.29, 0.717) is 0 Å². The highest BCUT2D eigenvalue weighted by Crippen LogP contribution is 2.17.